The molecule has 0 amide bonds. The fourth-order valence-electron chi connectivity index (χ4n) is 9.06. The van der Waals surface area contributed by atoms with E-state index in [4.69, 9.17) is 0 Å². The van der Waals surface area contributed by atoms with Gasteiger partial charge in [0, 0.05) is 53.1 Å². The first-order valence-electron chi connectivity index (χ1n) is 19.5. The number of para-hydroxylation sites is 2. The first-order chi connectivity index (χ1) is 28.3. The Morgan fingerprint density at radius 3 is 1.53 bits per heavy atom. The van der Waals surface area contributed by atoms with Gasteiger partial charge in [-0.3, -0.25) is 0 Å². The normalized spacial score (nSPS) is 11.9. The summed E-state index contributed by atoms with van der Waals surface area (Å²) < 4.78 is 7.56. The van der Waals surface area contributed by atoms with Crippen LogP contribution in [-0.2, 0) is 0 Å². The van der Waals surface area contributed by atoms with Crippen molar-refractivity contribution in [2.75, 3.05) is 0 Å². The second kappa shape index (κ2) is 12.7. The molecular formula is C54H34N2S. The van der Waals surface area contributed by atoms with E-state index in [1.54, 1.807) is 0 Å². The smallest absolute Gasteiger partial charge is 0.0562 e. The third-order valence-corrected chi connectivity index (χ3v) is 13.0. The van der Waals surface area contributed by atoms with Crippen molar-refractivity contribution >= 4 is 75.1 Å². The first kappa shape index (κ1) is 32.1. The maximum atomic E-state index is 2.45. The zero-order valence-electron chi connectivity index (χ0n) is 30.9. The van der Waals surface area contributed by atoms with Gasteiger partial charge in [0.2, 0.25) is 0 Å². The summed E-state index contributed by atoms with van der Waals surface area (Å²) in [4.78, 5) is 0. The largest absolute Gasteiger partial charge is 0.309 e. The van der Waals surface area contributed by atoms with E-state index in [0.29, 0.717) is 0 Å². The molecule has 3 aromatic heterocycles. The molecule has 0 saturated carbocycles. The number of nitrogens with zero attached hydrogens (tertiary/aromatic N) is 2. The number of aromatic nitrogens is 2. The SMILES string of the molecule is c1ccc(-c2ccc(-c3cccc(-n4c5ccccc5c5cc6c7ccccc7n(-c7ccc(-c8cccc9c8sc8ccccc89)cc7)c6cc54)c3)cc2)cc1. The molecule has 0 saturated heterocycles. The van der Waals surface area contributed by atoms with Gasteiger partial charge in [0.05, 0.1) is 22.1 Å². The number of hydrogen-bond donors (Lipinski definition) is 0. The lowest BCUT2D eigenvalue weighted by Gasteiger charge is -2.12. The van der Waals surface area contributed by atoms with Crippen molar-refractivity contribution in [1.82, 2.24) is 9.13 Å². The van der Waals surface area contributed by atoms with E-state index in [-0.39, 0.29) is 0 Å². The van der Waals surface area contributed by atoms with Crippen LogP contribution in [0.2, 0.25) is 0 Å². The highest BCUT2D eigenvalue weighted by Gasteiger charge is 2.19. The molecule has 57 heavy (non-hydrogen) atoms. The fourth-order valence-corrected chi connectivity index (χ4v) is 10.3. The molecular weight excluding hydrogens is 709 g/mol. The Morgan fingerprint density at radius 2 is 0.807 bits per heavy atom. The average molecular weight is 743 g/mol. The van der Waals surface area contributed by atoms with Gasteiger partial charge in [0.25, 0.3) is 0 Å². The summed E-state index contributed by atoms with van der Waals surface area (Å²) in [6.07, 6.45) is 0. The third kappa shape index (κ3) is 5.03. The molecule has 2 nitrogen and oxygen atoms in total. The highest BCUT2D eigenvalue weighted by Crippen LogP contribution is 2.42. The van der Waals surface area contributed by atoms with Crippen LogP contribution in [0.25, 0.3) is 109 Å². The zero-order valence-corrected chi connectivity index (χ0v) is 31.7. The van der Waals surface area contributed by atoms with Crippen LogP contribution in [0.15, 0.2) is 206 Å². The molecule has 0 bridgehead atoms. The molecule has 266 valence electrons. The van der Waals surface area contributed by atoms with Gasteiger partial charge in [-0.1, -0.05) is 152 Å². The van der Waals surface area contributed by atoms with Gasteiger partial charge < -0.3 is 9.13 Å². The Hall–Kier alpha value is -7.20. The summed E-state index contributed by atoms with van der Waals surface area (Å²) in [6, 6.07) is 75.6. The van der Waals surface area contributed by atoms with Crippen molar-refractivity contribution in [3.05, 3.63) is 206 Å². The lowest BCUT2D eigenvalue weighted by molar-refractivity contribution is 1.16. The molecule has 9 aromatic carbocycles. The fraction of sp³-hybridized carbons (Fsp3) is 0. The van der Waals surface area contributed by atoms with E-state index >= 15 is 0 Å². The van der Waals surface area contributed by atoms with Crippen LogP contribution < -0.4 is 0 Å². The second-order valence-corrected chi connectivity index (χ2v) is 16.0. The van der Waals surface area contributed by atoms with Crippen LogP contribution in [0.3, 0.4) is 0 Å². The summed E-state index contributed by atoms with van der Waals surface area (Å²) in [5.74, 6) is 0. The minimum absolute atomic E-state index is 1.15. The topological polar surface area (TPSA) is 9.86 Å². The van der Waals surface area contributed by atoms with Crippen LogP contribution in [0.4, 0.5) is 0 Å². The van der Waals surface area contributed by atoms with Gasteiger partial charge in [0.1, 0.15) is 0 Å². The minimum Gasteiger partial charge on any atom is -0.309 e. The quantitative estimate of drug-likeness (QED) is 0.166. The van der Waals surface area contributed by atoms with Crippen molar-refractivity contribution in [3.63, 3.8) is 0 Å². The summed E-state index contributed by atoms with van der Waals surface area (Å²) in [5, 5.41) is 7.67. The first-order valence-corrected chi connectivity index (χ1v) is 20.3. The van der Waals surface area contributed by atoms with Crippen LogP contribution in [0.5, 0.6) is 0 Å². The summed E-state index contributed by atoms with van der Waals surface area (Å²) in [5.41, 5.74) is 14.4. The van der Waals surface area contributed by atoms with Crippen molar-refractivity contribution in [3.8, 4) is 44.8 Å². The molecule has 0 atom stereocenters. The van der Waals surface area contributed by atoms with Crippen molar-refractivity contribution in [2.24, 2.45) is 0 Å². The van der Waals surface area contributed by atoms with Crippen molar-refractivity contribution < 1.29 is 0 Å². The molecule has 0 fully saturated rings. The highest BCUT2D eigenvalue weighted by molar-refractivity contribution is 7.26. The predicted octanol–water partition coefficient (Wildman–Crippen LogP) is 15.2. The van der Waals surface area contributed by atoms with Crippen molar-refractivity contribution in [2.45, 2.75) is 0 Å². The van der Waals surface area contributed by atoms with E-state index < -0.39 is 0 Å². The highest BCUT2D eigenvalue weighted by atomic mass is 32.1. The monoisotopic (exact) mass is 742 g/mol. The number of benzene rings is 9. The van der Waals surface area contributed by atoms with Gasteiger partial charge >= 0.3 is 0 Å². The molecule has 3 heteroatoms. The Kier molecular flexibility index (Phi) is 7.13. The van der Waals surface area contributed by atoms with E-state index in [1.807, 2.05) is 11.3 Å². The number of hydrogen-bond acceptors (Lipinski definition) is 1. The Labute approximate surface area is 333 Å². The minimum atomic E-state index is 1.15. The summed E-state index contributed by atoms with van der Waals surface area (Å²) in [7, 11) is 0. The molecule has 0 aliphatic rings. The van der Waals surface area contributed by atoms with E-state index in [9.17, 15) is 0 Å². The molecule has 0 spiro atoms. The van der Waals surface area contributed by atoms with E-state index in [2.05, 4.69) is 215 Å². The van der Waals surface area contributed by atoms with Crippen LogP contribution in [-0.4, -0.2) is 9.13 Å². The lowest BCUT2D eigenvalue weighted by atomic mass is 10.00. The lowest BCUT2D eigenvalue weighted by Crippen LogP contribution is -1.96. The number of rotatable bonds is 5. The van der Waals surface area contributed by atoms with Crippen LogP contribution in [0, 0.1) is 0 Å². The number of fused-ring (bicyclic) bond motifs is 9. The van der Waals surface area contributed by atoms with Gasteiger partial charge in [-0.15, -0.1) is 11.3 Å². The average Bonchev–Trinajstić information content (AvgIpc) is 3.93. The molecule has 0 aliphatic heterocycles. The van der Waals surface area contributed by atoms with Gasteiger partial charge in [-0.05, 0) is 88.0 Å². The zero-order chi connectivity index (χ0) is 37.5. The van der Waals surface area contributed by atoms with E-state index in [0.717, 1.165) is 11.4 Å². The van der Waals surface area contributed by atoms with Crippen LogP contribution in [0.1, 0.15) is 0 Å². The van der Waals surface area contributed by atoms with Gasteiger partial charge in [-0.2, -0.15) is 0 Å². The molecule has 0 radical (unpaired) electrons. The molecule has 0 N–H and O–H groups in total. The van der Waals surface area contributed by atoms with Gasteiger partial charge in [-0.25, -0.2) is 0 Å². The molecule has 12 rings (SSSR count). The molecule has 0 unspecified atom stereocenters. The van der Waals surface area contributed by atoms with Crippen molar-refractivity contribution in [1.29, 1.82) is 0 Å². The van der Waals surface area contributed by atoms with E-state index in [1.165, 1.54) is 97.2 Å². The maximum absolute atomic E-state index is 2.45. The molecule has 12 aromatic rings. The standard InChI is InChI=1S/C54H34N2S/c1-2-12-35(13-3-1)36-24-26-37(27-25-36)39-14-10-15-41(32-39)56-50-22-8-5-17-44(50)48-33-47-43-16-4-7-21-49(43)55(51(47)34-52(48)56)40-30-28-38(29-31-40)42-19-11-20-46-45-18-6-9-23-53(45)57-54(42)46/h1-34H. The maximum Gasteiger partial charge on any atom is 0.0562 e. The van der Waals surface area contributed by atoms with Crippen LogP contribution >= 0.6 is 11.3 Å². The molecule has 3 heterocycles. The number of thiophene rings is 1. The Morgan fingerprint density at radius 1 is 0.281 bits per heavy atom. The Bertz CT molecular complexity index is 3490. The summed E-state index contributed by atoms with van der Waals surface area (Å²) >= 11 is 1.88. The summed E-state index contributed by atoms with van der Waals surface area (Å²) in [6.45, 7) is 0. The third-order valence-electron chi connectivity index (χ3n) is 11.7. The predicted molar refractivity (Wildman–Crippen MR) is 244 cm³/mol. The molecule has 0 aliphatic carbocycles. The second-order valence-electron chi connectivity index (χ2n) is 14.9. The van der Waals surface area contributed by atoms with Gasteiger partial charge in [0.15, 0.2) is 0 Å². The Balaban J connectivity index is 1.02.